The third-order valence-electron chi connectivity index (χ3n) is 3.47. The van der Waals surface area contributed by atoms with Crippen molar-refractivity contribution in [3.8, 4) is 6.07 Å². The zero-order valence-electron chi connectivity index (χ0n) is 12.0. The molecule has 2 N–H and O–H groups in total. The lowest BCUT2D eigenvalue weighted by Crippen LogP contribution is -2.14. The number of anilines is 1. The maximum Gasteiger partial charge on any atom is 0.272 e. The number of allylic oxidation sites excluding steroid dienone is 1. The molecule has 1 aromatic rings. The summed E-state index contributed by atoms with van der Waals surface area (Å²) in [7, 11) is 0. The maximum absolute atomic E-state index is 10.9. The van der Waals surface area contributed by atoms with Crippen molar-refractivity contribution in [1.29, 1.82) is 5.26 Å². The molecule has 0 heterocycles. The number of hydrogen-bond donors (Lipinski definition) is 2. The van der Waals surface area contributed by atoms with E-state index in [2.05, 4.69) is 5.32 Å². The van der Waals surface area contributed by atoms with E-state index < -0.39 is 4.92 Å². The fourth-order valence-corrected chi connectivity index (χ4v) is 2.37. The number of aliphatic hydroxyl groups is 1. The van der Waals surface area contributed by atoms with Crippen molar-refractivity contribution in [3.05, 3.63) is 45.2 Å². The van der Waals surface area contributed by atoms with Crippen LogP contribution in [0.1, 0.15) is 25.3 Å². The summed E-state index contributed by atoms with van der Waals surface area (Å²) in [6, 6.07) is 6.49. The number of nitro benzene ring substituents is 1. The van der Waals surface area contributed by atoms with Gasteiger partial charge in [-0.15, -0.1) is 0 Å². The average molecular weight is 317 g/mol. The number of aryl methyl sites for hydroxylation is 1. The SMILES string of the molecule is CCc1cc(NC(=S)C(C#N)=C(O)C2CC2)ccc1[N+](=O)[O-]. The van der Waals surface area contributed by atoms with E-state index in [9.17, 15) is 15.2 Å². The number of benzene rings is 1. The zero-order chi connectivity index (χ0) is 16.3. The molecular formula is C15H15N3O3S. The Hall–Kier alpha value is -2.46. The van der Waals surface area contributed by atoms with Gasteiger partial charge in [0.15, 0.2) is 0 Å². The zero-order valence-corrected chi connectivity index (χ0v) is 12.8. The lowest BCUT2D eigenvalue weighted by molar-refractivity contribution is -0.385. The molecule has 0 saturated heterocycles. The van der Waals surface area contributed by atoms with Gasteiger partial charge in [0.25, 0.3) is 5.69 Å². The van der Waals surface area contributed by atoms with Crippen LogP contribution in [-0.4, -0.2) is 15.0 Å². The normalized spacial score (nSPS) is 14.7. The summed E-state index contributed by atoms with van der Waals surface area (Å²) in [6.45, 7) is 1.82. The van der Waals surface area contributed by atoms with Gasteiger partial charge in [0.05, 0.1) is 4.92 Å². The summed E-state index contributed by atoms with van der Waals surface area (Å²) in [5.74, 6) is 0.0510. The standard InChI is InChI=1S/C15H15N3O3S/c1-2-9-7-11(5-6-13(9)18(20)21)17-15(22)12(8-16)14(19)10-3-4-10/h5-7,10,19H,2-4H2,1H3,(H,17,22). The Kier molecular flexibility index (Phi) is 4.73. The molecule has 0 unspecified atom stereocenters. The molecule has 1 aromatic carbocycles. The number of nitriles is 1. The minimum atomic E-state index is -0.430. The molecule has 0 spiro atoms. The highest BCUT2D eigenvalue weighted by atomic mass is 32.1. The summed E-state index contributed by atoms with van der Waals surface area (Å²) >= 11 is 5.16. The van der Waals surface area contributed by atoms with Gasteiger partial charge in [-0.2, -0.15) is 5.26 Å². The predicted octanol–water partition coefficient (Wildman–Crippen LogP) is 3.64. The van der Waals surface area contributed by atoms with Crippen LogP contribution in [0.5, 0.6) is 0 Å². The van der Waals surface area contributed by atoms with Gasteiger partial charge in [0.1, 0.15) is 22.4 Å². The second kappa shape index (κ2) is 6.54. The van der Waals surface area contributed by atoms with Gasteiger partial charge in [-0.05, 0) is 31.4 Å². The molecule has 0 atom stereocenters. The lowest BCUT2D eigenvalue weighted by atomic mass is 10.1. The highest BCUT2D eigenvalue weighted by Gasteiger charge is 2.29. The smallest absolute Gasteiger partial charge is 0.272 e. The molecule has 0 radical (unpaired) electrons. The molecule has 1 aliphatic carbocycles. The molecule has 0 bridgehead atoms. The first-order valence-corrected chi connectivity index (χ1v) is 7.30. The molecule has 0 amide bonds. The Morgan fingerprint density at radius 2 is 2.27 bits per heavy atom. The lowest BCUT2D eigenvalue weighted by Gasteiger charge is -2.10. The highest BCUT2D eigenvalue weighted by molar-refractivity contribution is 7.81. The number of nitrogens with zero attached hydrogens (tertiary/aromatic N) is 2. The van der Waals surface area contributed by atoms with Gasteiger partial charge >= 0.3 is 0 Å². The van der Waals surface area contributed by atoms with Crippen molar-refractivity contribution in [2.75, 3.05) is 5.32 Å². The van der Waals surface area contributed by atoms with Crippen molar-refractivity contribution in [2.45, 2.75) is 26.2 Å². The van der Waals surface area contributed by atoms with E-state index in [1.165, 1.54) is 12.1 Å². The third-order valence-corrected chi connectivity index (χ3v) is 3.78. The molecule has 1 saturated carbocycles. The number of thiocarbonyl (C=S) groups is 1. The fraction of sp³-hybridized carbons (Fsp3) is 0.333. The number of aliphatic hydroxyl groups excluding tert-OH is 1. The molecule has 0 aromatic heterocycles. The first-order chi connectivity index (χ1) is 10.5. The average Bonchev–Trinajstić information content (AvgIpc) is 3.32. The molecular weight excluding hydrogens is 302 g/mol. The quantitative estimate of drug-likeness (QED) is 0.215. The molecule has 1 aliphatic rings. The van der Waals surface area contributed by atoms with Crippen LogP contribution in [0.3, 0.4) is 0 Å². The van der Waals surface area contributed by atoms with Gasteiger partial charge in [-0.25, -0.2) is 0 Å². The topological polar surface area (TPSA) is 99.2 Å². The first kappa shape index (κ1) is 15.9. The van der Waals surface area contributed by atoms with E-state index >= 15 is 0 Å². The second-order valence-electron chi connectivity index (χ2n) is 5.05. The largest absolute Gasteiger partial charge is 0.511 e. The Labute approximate surface area is 133 Å². The van der Waals surface area contributed by atoms with E-state index in [0.29, 0.717) is 17.7 Å². The number of rotatable bonds is 5. The Morgan fingerprint density at radius 1 is 1.59 bits per heavy atom. The van der Waals surface area contributed by atoms with Crippen molar-refractivity contribution >= 4 is 28.6 Å². The summed E-state index contributed by atoms with van der Waals surface area (Å²) in [6.07, 6.45) is 2.22. The van der Waals surface area contributed by atoms with Crippen LogP contribution in [0.15, 0.2) is 29.5 Å². The molecule has 22 heavy (non-hydrogen) atoms. The number of nitro groups is 1. The van der Waals surface area contributed by atoms with Crippen LogP contribution in [0.25, 0.3) is 0 Å². The van der Waals surface area contributed by atoms with Crippen molar-refractivity contribution in [1.82, 2.24) is 0 Å². The van der Waals surface area contributed by atoms with Crippen LogP contribution in [0.2, 0.25) is 0 Å². The van der Waals surface area contributed by atoms with E-state index in [-0.39, 0.29) is 27.9 Å². The number of nitrogens with one attached hydrogen (secondary N) is 1. The van der Waals surface area contributed by atoms with Crippen LogP contribution in [0.4, 0.5) is 11.4 Å². The summed E-state index contributed by atoms with van der Waals surface area (Å²) in [5.41, 5.74) is 1.25. The van der Waals surface area contributed by atoms with Crippen LogP contribution < -0.4 is 5.32 Å². The third kappa shape index (κ3) is 3.40. The van der Waals surface area contributed by atoms with E-state index in [1.54, 1.807) is 6.07 Å². The molecule has 1 fully saturated rings. The minimum absolute atomic E-state index is 0.0254. The maximum atomic E-state index is 10.9. The van der Waals surface area contributed by atoms with E-state index in [1.807, 2.05) is 13.0 Å². The van der Waals surface area contributed by atoms with Crippen molar-refractivity contribution < 1.29 is 10.0 Å². The molecule has 6 nitrogen and oxygen atoms in total. The van der Waals surface area contributed by atoms with E-state index in [0.717, 1.165) is 12.8 Å². The first-order valence-electron chi connectivity index (χ1n) is 6.89. The van der Waals surface area contributed by atoms with Crippen molar-refractivity contribution in [3.63, 3.8) is 0 Å². The fourth-order valence-electron chi connectivity index (χ4n) is 2.10. The predicted molar refractivity (Wildman–Crippen MR) is 86.7 cm³/mol. The number of hydrogen-bond acceptors (Lipinski definition) is 5. The second-order valence-corrected chi connectivity index (χ2v) is 5.46. The highest BCUT2D eigenvalue weighted by Crippen LogP contribution is 2.36. The monoisotopic (exact) mass is 317 g/mol. The Morgan fingerprint density at radius 3 is 2.77 bits per heavy atom. The van der Waals surface area contributed by atoms with Gasteiger partial charge in [0.2, 0.25) is 0 Å². The van der Waals surface area contributed by atoms with Gasteiger partial charge in [0, 0.05) is 23.2 Å². The van der Waals surface area contributed by atoms with Gasteiger partial charge < -0.3 is 10.4 Å². The van der Waals surface area contributed by atoms with E-state index in [4.69, 9.17) is 17.5 Å². The van der Waals surface area contributed by atoms with Crippen LogP contribution in [-0.2, 0) is 6.42 Å². The Balaban J connectivity index is 2.23. The van der Waals surface area contributed by atoms with Gasteiger partial charge in [-0.3, -0.25) is 10.1 Å². The van der Waals surface area contributed by atoms with Crippen LogP contribution in [0, 0.1) is 27.4 Å². The summed E-state index contributed by atoms with van der Waals surface area (Å²) < 4.78 is 0. The van der Waals surface area contributed by atoms with Crippen molar-refractivity contribution in [2.24, 2.45) is 5.92 Å². The van der Waals surface area contributed by atoms with Gasteiger partial charge in [-0.1, -0.05) is 19.1 Å². The summed E-state index contributed by atoms with van der Waals surface area (Å²) in [4.78, 5) is 10.6. The molecule has 0 aliphatic heterocycles. The molecule has 2 rings (SSSR count). The molecule has 7 heteroatoms. The summed E-state index contributed by atoms with van der Waals surface area (Å²) in [5, 5.41) is 32.9. The minimum Gasteiger partial charge on any atom is -0.511 e. The van der Waals surface area contributed by atoms with Crippen LogP contribution >= 0.6 is 12.2 Å². The molecule has 114 valence electrons. The Bertz CT molecular complexity index is 702.